The van der Waals surface area contributed by atoms with Crippen molar-refractivity contribution < 1.29 is 17.9 Å². The lowest BCUT2D eigenvalue weighted by atomic mass is 9.98. The van der Waals surface area contributed by atoms with Crippen LogP contribution in [-0.4, -0.2) is 19.8 Å². The van der Waals surface area contributed by atoms with Crippen molar-refractivity contribution in [3.8, 4) is 5.75 Å². The van der Waals surface area contributed by atoms with Crippen molar-refractivity contribution in [2.45, 2.75) is 38.9 Å². The Bertz CT molecular complexity index is 404. The van der Waals surface area contributed by atoms with E-state index in [1.807, 2.05) is 6.92 Å². The van der Waals surface area contributed by atoms with Crippen molar-refractivity contribution >= 4 is 0 Å². The molecule has 0 aliphatic heterocycles. The zero-order chi connectivity index (χ0) is 14.5. The number of hydrogen-bond acceptors (Lipinski definition) is 2. The molecule has 0 amide bonds. The van der Waals surface area contributed by atoms with Crippen LogP contribution in [0.15, 0.2) is 18.2 Å². The van der Waals surface area contributed by atoms with E-state index >= 15 is 0 Å². The van der Waals surface area contributed by atoms with Gasteiger partial charge in [0.1, 0.15) is 5.75 Å². The highest BCUT2D eigenvalue weighted by Crippen LogP contribution is 2.32. The van der Waals surface area contributed by atoms with Crippen LogP contribution in [0, 0.1) is 6.92 Å². The molecule has 1 N–H and O–H groups in total. The molecule has 1 rings (SSSR count). The fraction of sp³-hybridized carbons (Fsp3) is 0.571. The van der Waals surface area contributed by atoms with Crippen molar-refractivity contribution in [2.75, 3.05) is 13.7 Å². The Morgan fingerprint density at radius 3 is 2.47 bits per heavy atom. The number of nitrogens with one attached hydrogen (secondary N) is 1. The minimum absolute atomic E-state index is 0.562. The van der Waals surface area contributed by atoms with Crippen molar-refractivity contribution in [2.24, 2.45) is 0 Å². The molecule has 0 aliphatic rings. The van der Waals surface area contributed by atoms with E-state index in [0.717, 1.165) is 12.0 Å². The molecule has 2 nitrogen and oxygen atoms in total. The van der Waals surface area contributed by atoms with Gasteiger partial charge in [-0.15, -0.1) is 0 Å². The summed E-state index contributed by atoms with van der Waals surface area (Å²) in [4.78, 5) is 0. The van der Waals surface area contributed by atoms with Crippen molar-refractivity contribution in [1.29, 1.82) is 0 Å². The van der Waals surface area contributed by atoms with Crippen LogP contribution in [-0.2, 0) is 0 Å². The molecule has 0 aliphatic carbocycles. The number of alkyl halides is 3. The normalized spacial score (nSPS) is 13.4. The van der Waals surface area contributed by atoms with E-state index < -0.39 is 18.6 Å². The molecule has 0 bridgehead atoms. The summed E-state index contributed by atoms with van der Waals surface area (Å²) in [6, 6.07) is 4.45. The predicted molar refractivity (Wildman–Crippen MR) is 69.4 cm³/mol. The zero-order valence-electron chi connectivity index (χ0n) is 11.5. The first-order valence-electron chi connectivity index (χ1n) is 6.32. The van der Waals surface area contributed by atoms with Gasteiger partial charge >= 0.3 is 6.18 Å². The molecule has 1 aromatic rings. The molecule has 0 fully saturated rings. The molecule has 1 aromatic carbocycles. The van der Waals surface area contributed by atoms with E-state index in [-0.39, 0.29) is 0 Å². The highest BCUT2D eigenvalue weighted by Gasteiger charge is 2.32. The molecule has 0 saturated heterocycles. The summed E-state index contributed by atoms with van der Waals surface area (Å²) in [6.45, 7) is 4.29. The van der Waals surface area contributed by atoms with Crippen LogP contribution < -0.4 is 10.1 Å². The minimum Gasteiger partial charge on any atom is -0.497 e. The van der Waals surface area contributed by atoms with Gasteiger partial charge in [-0.05, 0) is 43.1 Å². The Hall–Kier alpha value is -1.23. The summed E-state index contributed by atoms with van der Waals surface area (Å²) < 4.78 is 43.0. The van der Waals surface area contributed by atoms with Crippen LogP contribution in [0.3, 0.4) is 0 Å². The second kappa shape index (κ2) is 6.80. The van der Waals surface area contributed by atoms with Crippen molar-refractivity contribution in [3.63, 3.8) is 0 Å². The fourth-order valence-corrected chi connectivity index (χ4v) is 2.01. The van der Waals surface area contributed by atoms with E-state index in [2.05, 4.69) is 5.32 Å². The number of aryl methyl sites for hydroxylation is 1. The quantitative estimate of drug-likeness (QED) is 0.847. The first-order valence-corrected chi connectivity index (χ1v) is 6.32. The smallest absolute Gasteiger partial charge is 0.390 e. The van der Waals surface area contributed by atoms with Gasteiger partial charge in [-0.2, -0.15) is 13.2 Å². The largest absolute Gasteiger partial charge is 0.497 e. The number of halogens is 3. The Kier molecular flexibility index (Phi) is 5.66. The first kappa shape index (κ1) is 15.8. The molecule has 0 radical (unpaired) electrons. The van der Waals surface area contributed by atoms with Gasteiger partial charge < -0.3 is 10.1 Å². The maximum atomic E-state index is 12.6. The SMILES string of the molecule is CCCNC(CC(F)(F)F)c1ccc(OC)cc1C. The monoisotopic (exact) mass is 275 g/mol. The number of ether oxygens (including phenoxy) is 1. The average Bonchev–Trinajstić information content (AvgIpc) is 2.33. The third-order valence-corrected chi connectivity index (χ3v) is 2.93. The molecule has 5 heteroatoms. The van der Waals surface area contributed by atoms with E-state index in [1.165, 1.54) is 7.11 Å². The summed E-state index contributed by atoms with van der Waals surface area (Å²) in [7, 11) is 1.54. The highest BCUT2D eigenvalue weighted by atomic mass is 19.4. The maximum absolute atomic E-state index is 12.6. The van der Waals surface area contributed by atoms with Gasteiger partial charge in [-0.1, -0.05) is 13.0 Å². The molecule has 0 heterocycles. The van der Waals surface area contributed by atoms with Gasteiger partial charge in [0.25, 0.3) is 0 Å². The number of methoxy groups -OCH3 is 1. The molecule has 0 aromatic heterocycles. The van der Waals surface area contributed by atoms with Gasteiger partial charge in [0.2, 0.25) is 0 Å². The number of benzene rings is 1. The third-order valence-electron chi connectivity index (χ3n) is 2.93. The Morgan fingerprint density at radius 2 is 2.00 bits per heavy atom. The van der Waals surface area contributed by atoms with E-state index in [4.69, 9.17) is 4.74 Å². The summed E-state index contributed by atoms with van der Waals surface area (Å²) in [5.41, 5.74) is 1.48. The molecular formula is C14H20F3NO. The van der Waals surface area contributed by atoms with E-state index in [9.17, 15) is 13.2 Å². The lowest BCUT2D eigenvalue weighted by molar-refractivity contribution is -0.140. The minimum atomic E-state index is -4.18. The van der Waals surface area contributed by atoms with Gasteiger partial charge in [0, 0.05) is 6.04 Å². The Labute approximate surface area is 112 Å². The molecule has 19 heavy (non-hydrogen) atoms. The fourth-order valence-electron chi connectivity index (χ4n) is 2.01. The van der Waals surface area contributed by atoms with Crippen LogP contribution in [0.5, 0.6) is 5.75 Å². The Morgan fingerprint density at radius 1 is 1.32 bits per heavy atom. The van der Waals surface area contributed by atoms with Crippen LogP contribution in [0.1, 0.15) is 36.9 Å². The van der Waals surface area contributed by atoms with Crippen molar-refractivity contribution in [1.82, 2.24) is 5.32 Å². The zero-order valence-corrected chi connectivity index (χ0v) is 11.5. The molecule has 1 unspecified atom stereocenters. The molecule has 108 valence electrons. The second-order valence-electron chi connectivity index (χ2n) is 4.55. The summed E-state index contributed by atoms with van der Waals surface area (Å²) in [6.07, 6.45) is -4.25. The highest BCUT2D eigenvalue weighted by molar-refractivity contribution is 5.36. The predicted octanol–water partition coefficient (Wildman–Crippen LogP) is 4.00. The maximum Gasteiger partial charge on any atom is 0.390 e. The van der Waals surface area contributed by atoms with Crippen molar-refractivity contribution in [3.05, 3.63) is 29.3 Å². The second-order valence-corrected chi connectivity index (χ2v) is 4.55. The molecule has 0 saturated carbocycles. The summed E-state index contributed by atoms with van der Waals surface area (Å²) in [5, 5.41) is 2.96. The topological polar surface area (TPSA) is 21.3 Å². The summed E-state index contributed by atoms with van der Waals surface area (Å²) in [5.74, 6) is 0.655. The average molecular weight is 275 g/mol. The van der Waals surface area contributed by atoms with Gasteiger partial charge in [-0.3, -0.25) is 0 Å². The lowest BCUT2D eigenvalue weighted by Gasteiger charge is -2.22. The van der Waals surface area contributed by atoms with Gasteiger partial charge in [0.15, 0.2) is 0 Å². The molecule has 0 spiro atoms. The third kappa shape index (κ3) is 5.11. The van der Waals surface area contributed by atoms with Gasteiger partial charge in [0.05, 0.1) is 13.5 Å². The number of rotatable bonds is 6. The van der Waals surface area contributed by atoms with E-state index in [1.54, 1.807) is 25.1 Å². The number of hydrogen-bond donors (Lipinski definition) is 1. The first-order chi connectivity index (χ1) is 8.87. The van der Waals surface area contributed by atoms with E-state index in [0.29, 0.717) is 17.9 Å². The van der Waals surface area contributed by atoms with Gasteiger partial charge in [-0.25, -0.2) is 0 Å². The standard InChI is InChI=1S/C14H20F3NO/c1-4-7-18-13(9-14(15,16)17)12-6-5-11(19-3)8-10(12)2/h5-6,8,13,18H,4,7,9H2,1-3H3. The van der Waals surface area contributed by atoms with Crippen LogP contribution >= 0.6 is 0 Å². The summed E-state index contributed by atoms with van der Waals surface area (Å²) >= 11 is 0. The van der Waals surface area contributed by atoms with Crippen LogP contribution in [0.4, 0.5) is 13.2 Å². The van der Waals surface area contributed by atoms with Crippen LogP contribution in [0.25, 0.3) is 0 Å². The molecule has 1 atom stereocenters. The van der Waals surface area contributed by atoms with Crippen LogP contribution in [0.2, 0.25) is 0 Å². The Balaban J connectivity index is 2.96. The molecular weight excluding hydrogens is 255 g/mol. The lowest BCUT2D eigenvalue weighted by Crippen LogP contribution is -2.27.